The molecule has 0 aromatic carbocycles. The molecule has 0 fully saturated rings. The van der Waals surface area contributed by atoms with Crippen LogP contribution in [0.4, 0.5) is 0 Å². The zero-order valence-electron chi connectivity index (χ0n) is 14.9. The molecule has 0 amide bonds. The average molecular weight is 438 g/mol. The van der Waals surface area contributed by atoms with Gasteiger partial charge in [0.25, 0.3) is 0 Å². The number of rotatable bonds is 5. The van der Waals surface area contributed by atoms with Crippen LogP contribution in [0.15, 0.2) is 4.99 Å². The van der Waals surface area contributed by atoms with Gasteiger partial charge in [0.2, 0.25) is 0 Å². The Morgan fingerprint density at radius 3 is 2.41 bits per heavy atom. The van der Waals surface area contributed by atoms with E-state index in [9.17, 15) is 0 Å². The Labute approximate surface area is 156 Å². The van der Waals surface area contributed by atoms with Crippen molar-refractivity contribution >= 4 is 41.3 Å². The van der Waals surface area contributed by atoms with Crippen molar-refractivity contribution in [2.75, 3.05) is 7.05 Å². The minimum atomic E-state index is 0. The Balaban J connectivity index is 0.00000441. The van der Waals surface area contributed by atoms with Crippen molar-refractivity contribution < 1.29 is 0 Å². The average Bonchev–Trinajstić information content (AvgIpc) is 2.69. The smallest absolute Gasteiger partial charge is 0.191 e. The SMILES string of the molecule is CN=C(NCc1sc(C)nc1C)NC(C)CCC(C)(C)C.I. The molecule has 0 radical (unpaired) electrons. The van der Waals surface area contributed by atoms with E-state index in [0.29, 0.717) is 11.5 Å². The van der Waals surface area contributed by atoms with Crippen LogP contribution >= 0.6 is 35.3 Å². The first-order valence-electron chi connectivity index (χ1n) is 7.61. The van der Waals surface area contributed by atoms with Gasteiger partial charge in [0.1, 0.15) is 0 Å². The van der Waals surface area contributed by atoms with Crippen LogP contribution < -0.4 is 10.6 Å². The molecule has 22 heavy (non-hydrogen) atoms. The first-order valence-corrected chi connectivity index (χ1v) is 8.43. The number of nitrogens with zero attached hydrogens (tertiary/aromatic N) is 2. The summed E-state index contributed by atoms with van der Waals surface area (Å²) in [4.78, 5) is 10.0. The maximum atomic E-state index is 4.45. The van der Waals surface area contributed by atoms with E-state index in [1.165, 1.54) is 11.3 Å². The summed E-state index contributed by atoms with van der Waals surface area (Å²) >= 11 is 1.74. The zero-order valence-corrected chi connectivity index (χ0v) is 18.1. The molecule has 2 N–H and O–H groups in total. The first kappa shape index (κ1) is 21.6. The van der Waals surface area contributed by atoms with Crippen LogP contribution in [-0.2, 0) is 6.54 Å². The van der Waals surface area contributed by atoms with Crippen LogP contribution in [0.25, 0.3) is 0 Å². The molecule has 1 unspecified atom stereocenters. The highest BCUT2D eigenvalue weighted by molar-refractivity contribution is 14.0. The van der Waals surface area contributed by atoms with Gasteiger partial charge in [0.15, 0.2) is 5.96 Å². The number of hydrogen-bond acceptors (Lipinski definition) is 3. The number of guanidine groups is 1. The molecule has 128 valence electrons. The number of aryl methyl sites for hydroxylation is 2. The van der Waals surface area contributed by atoms with E-state index in [0.717, 1.165) is 29.6 Å². The third-order valence-electron chi connectivity index (χ3n) is 3.35. The Kier molecular flexibility index (Phi) is 9.54. The molecule has 4 nitrogen and oxygen atoms in total. The van der Waals surface area contributed by atoms with E-state index in [-0.39, 0.29) is 24.0 Å². The van der Waals surface area contributed by atoms with Gasteiger partial charge in [0.05, 0.1) is 17.2 Å². The molecule has 0 aliphatic carbocycles. The van der Waals surface area contributed by atoms with Crippen LogP contribution in [0.1, 0.15) is 56.1 Å². The second kappa shape index (κ2) is 9.70. The summed E-state index contributed by atoms with van der Waals surface area (Å²) in [6, 6.07) is 0.416. The second-order valence-corrected chi connectivity index (χ2v) is 8.10. The van der Waals surface area contributed by atoms with Gasteiger partial charge >= 0.3 is 0 Å². The van der Waals surface area contributed by atoms with E-state index in [4.69, 9.17) is 0 Å². The Morgan fingerprint density at radius 1 is 1.32 bits per heavy atom. The summed E-state index contributed by atoms with van der Waals surface area (Å²) in [5.74, 6) is 0.863. The van der Waals surface area contributed by atoms with E-state index in [1.807, 2.05) is 14.0 Å². The van der Waals surface area contributed by atoms with Crippen molar-refractivity contribution in [3.05, 3.63) is 15.6 Å². The molecule has 1 aromatic heterocycles. The molecule has 1 heterocycles. The highest BCUT2D eigenvalue weighted by Gasteiger charge is 2.13. The lowest BCUT2D eigenvalue weighted by molar-refractivity contribution is 0.346. The predicted molar refractivity (Wildman–Crippen MR) is 108 cm³/mol. The molecule has 0 bridgehead atoms. The third-order valence-corrected chi connectivity index (χ3v) is 4.42. The zero-order chi connectivity index (χ0) is 16.0. The summed E-state index contributed by atoms with van der Waals surface area (Å²) in [5, 5.41) is 7.95. The van der Waals surface area contributed by atoms with Gasteiger partial charge < -0.3 is 10.6 Å². The summed E-state index contributed by atoms with van der Waals surface area (Å²) in [7, 11) is 1.82. The largest absolute Gasteiger partial charge is 0.354 e. The van der Waals surface area contributed by atoms with Crippen LogP contribution in [0.3, 0.4) is 0 Å². The first-order chi connectivity index (χ1) is 9.71. The summed E-state index contributed by atoms with van der Waals surface area (Å²) in [6.07, 6.45) is 2.34. The Bertz CT molecular complexity index is 477. The number of aliphatic imine (C=N–C) groups is 1. The summed E-state index contributed by atoms with van der Waals surface area (Å²) < 4.78 is 0. The molecule has 0 spiro atoms. The molecule has 1 aromatic rings. The van der Waals surface area contributed by atoms with Crippen molar-refractivity contribution in [3.63, 3.8) is 0 Å². The van der Waals surface area contributed by atoms with Crippen LogP contribution in [0, 0.1) is 19.3 Å². The van der Waals surface area contributed by atoms with Crippen molar-refractivity contribution in [1.82, 2.24) is 15.6 Å². The molecule has 1 rings (SSSR count). The maximum Gasteiger partial charge on any atom is 0.191 e. The molecular weight excluding hydrogens is 407 g/mol. The fourth-order valence-corrected chi connectivity index (χ4v) is 2.93. The molecule has 0 aliphatic rings. The fourth-order valence-electron chi connectivity index (χ4n) is 2.05. The van der Waals surface area contributed by atoms with Crippen molar-refractivity contribution in [2.24, 2.45) is 10.4 Å². The van der Waals surface area contributed by atoms with Crippen LogP contribution in [-0.4, -0.2) is 24.0 Å². The Hall–Kier alpha value is -0.370. The minimum Gasteiger partial charge on any atom is -0.354 e. The van der Waals surface area contributed by atoms with Crippen molar-refractivity contribution in [2.45, 2.75) is 67.0 Å². The van der Waals surface area contributed by atoms with Gasteiger partial charge in [-0.1, -0.05) is 20.8 Å². The lowest BCUT2D eigenvalue weighted by atomic mass is 9.89. The lowest BCUT2D eigenvalue weighted by Crippen LogP contribution is -2.42. The number of aromatic nitrogens is 1. The third kappa shape index (κ3) is 8.31. The van der Waals surface area contributed by atoms with Crippen molar-refractivity contribution in [1.29, 1.82) is 0 Å². The second-order valence-electron chi connectivity index (χ2n) is 6.81. The van der Waals surface area contributed by atoms with Gasteiger partial charge in [-0.05, 0) is 39.0 Å². The van der Waals surface area contributed by atoms with Gasteiger partial charge in [0, 0.05) is 18.0 Å². The minimum absolute atomic E-state index is 0. The van der Waals surface area contributed by atoms with Gasteiger partial charge in [-0.2, -0.15) is 0 Å². The highest BCUT2D eigenvalue weighted by Crippen LogP contribution is 2.21. The molecule has 6 heteroatoms. The van der Waals surface area contributed by atoms with Gasteiger partial charge in [-0.3, -0.25) is 4.99 Å². The highest BCUT2D eigenvalue weighted by atomic mass is 127. The standard InChI is InChI=1S/C16H30N4S.HI/c1-11(8-9-16(4,5)6)19-15(17-7)18-10-14-12(2)20-13(3)21-14;/h11H,8-10H2,1-7H3,(H2,17,18,19);1H. The quantitative estimate of drug-likeness (QED) is 0.411. The van der Waals surface area contributed by atoms with Crippen LogP contribution in [0.5, 0.6) is 0 Å². The molecule has 0 aliphatic heterocycles. The van der Waals surface area contributed by atoms with E-state index in [2.05, 4.69) is 55.2 Å². The van der Waals surface area contributed by atoms with E-state index >= 15 is 0 Å². The number of thiazole rings is 1. The molecular formula is C16H31IN4S. The fraction of sp³-hybridized carbons (Fsp3) is 0.750. The van der Waals surface area contributed by atoms with Crippen LogP contribution in [0.2, 0.25) is 0 Å². The predicted octanol–water partition coefficient (Wildman–Crippen LogP) is 4.26. The maximum absolute atomic E-state index is 4.45. The number of halogens is 1. The summed E-state index contributed by atoms with van der Waals surface area (Å²) in [6.45, 7) is 13.9. The van der Waals surface area contributed by atoms with Crippen molar-refractivity contribution in [3.8, 4) is 0 Å². The topological polar surface area (TPSA) is 49.3 Å². The molecule has 0 saturated heterocycles. The molecule has 0 saturated carbocycles. The Morgan fingerprint density at radius 2 is 1.95 bits per heavy atom. The monoisotopic (exact) mass is 438 g/mol. The summed E-state index contributed by atoms with van der Waals surface area (Å²) in [5.41, 5.74) is 1.49. The lowest BCUT2D eigenvalue weighted by Gasteiger charge is -2.23. The molecule has 1 atom stereocenters. The van der Waals surface area contributed by atoms with Gasteiger partial charge in [-0.25, -0.2) is 4.98 Å². The number of nitrogens with one attached hydrogen (secondary N) is 2. The normalized spacial score (nSPS) is 13.5. The van der Waals surface area contributed by atoms with E-state index in [1.54, 1.807) is 11.3 Å². The van der Waals surface area contributed by atoms with E-state index < -0.39 is 0 Å². The van der Waals surface area contributed by atoms with Gasteiger partial charge in [-0.15, -0.1) is 35.3 Å². The number of hydrogen-bond donors (Lipinski definition) is 2.